The normalized spacial score (nSPS) is 10.7. The third-order valence-electron chi connectivity index (χ3n) is 2.68. The number of nitrogens with zero attached hydrogens (tertiary/aromatic N) is 1. The van der Waals surface area contributed by atoms with Crippen molar-refractivity contribution in [1.82, 2.24) is 4.98 Å². The van der Waals surface area contributed by atoms with Gasteiger partial charge in [0.15, 0.2) is 0 Å². The van der Waals surface area contributed by atoms with Crippen LogP contribution >= 0.6 is 0 Å². The van der Waals surface area contributed by atoms with Gasteiger partial charge in [-0.05, 0) is 12.1 Å². The number of aromatic nitrogens is 1. The van der Waals surface area contributed by atoms with Gasteiger partial charge in [-0.2, -0.15) is 0 Å². The lowest BCUT2D eigenvalue weighted by Crippen LogP contribution is -2.00. The third-order valence-corrected chi connectivity index (χ3v) is 2.68. The SMILES string of the molecule is CNc1cc(COC)nc2c(OC)cc(F)cc12. The lowest BCUT2D eigenvalue weighted by atomic mass is 10.1. The van der Waals surface area contributed by atoms with Gasteiger partial charge in [-0.1, -0.05) is 0 Å². The minimum absolute atomic E-state index is 0.350. The maximum absolute atomic E-state index is 13.5. The summed E-state index contributed by atoms with van der Waals surface area (Å²) in [5.74, 6) is 0.0663. The first-order chi connectivity index (χ1) is 8.69. The number of ether oxygens (including phenoxy) is 2. The van der Waals surface area contributed by atoms with Crippen molar-refractivity contribution in [1.29, 1.82) is 0 Å². The lowest BCUT2D eigenvalue weighted by Gasteiger charge is -2.11. The van der Waals surface area contributed by atoms with Gasteiger partial charge in [-0.3, -0.25) is 0 Å². The Balaban J connectivity index is 2.74. The van der Waals surface area contributed by atoms with E-state index in [0.717, 1.165) is 11.4 Å². The van der Waals surface area contributed by atoms with Gasteiger partial charge in [0.05, 0.1) is 19.4 Å². The van der Waals surface area contributed by atoms with Gasteiger partial charge in [-0.15, -0.1) is 0 Å². The molecule has 1 aromatic carbocycles. The molecular weight excluding hydrogens is 235 g/mol. The molecule has 0 aliphatic carbocycles. The number of pyridine rings is 1. The topological polar surface area (TPSA) is 43.4 Å². The van der Waals surface area contributed by atoms with Crippen LogP contribution in [0.2, 0.25) is 0 Å². The van der Waals surface area contributed by atoms with E-state index in [4.69, 9.17) is 9.47 Å². The summed E-state index contributed by atoms with van der Waals surface area (Å²) >= 11 is 0. The minimum Gasteiger partial charge on any atom is -0.494 e. The van der Waals surface area contributed by atoms with Crippen LogP contribution in [0.4, 0.5) is 10.1 Å². The molecule has 5 heteroatoms. The van der Waals surface area contributed by atoms with Gasteiger partial charge in [0.2, 0.25) is 0 Å². The number of hydrogen-bond acceptors (Lipinski definition) is 4. The van der Waals surface area contributed by atoms with E-state index in [0.29, 0.717) is 23.3 Å². The zero-order chi connectivity index (χ0) is 13.1. The first-order valence-corrected chi connectivity index (χ1v) is 5.53. The van der Waals surface area contributed by atoms with Gasteiger partial charge in [-0.25, -0.2) is 9.37 Å². The van der Waals surface area contributed by atoms with Crippen molar-refractivity contribution in [2.24, 2.45) is 0 Å². The summed E-state index contributed by atoms with van der Waals surface area (Å²) in [5.41, 5.74) is 2.18. The van der Waals surface area contributed by atoms with Crippen LogP contribution in [0.5, 0.6) is 5.75 Å². The number of rotatable bonds is 4. The largest absolute Gasteiger partial charge is 0.494 e. The van der Waals surface area contributed by atoms with E-state index in [1.54, 1.807) is 14.2 Å². The van der Waals surface area contributed by atoms with Crippen LogP contribution in [-0.2, 0) is 11.3 Å². The number of hydrogen-bond donors (Lipinski definition) is 1. The molecular formula is C13H15FN2O2. The van der Waals surface area contributed by atoms with Gasteiger partial charge in [0, 0.05) is 31.3 Å². The van der Waals surface area contributed by atoms with Gasteiger partial charge < -0.3 is 14.8 Å². The summed E-state index contributed by atoms with van der Waals surface area (Å²) in [6.45, 7) is 0.394. The summed E-state index contributed by atoms with van der Waals surface area (Å²) in [6.07, 6.45) is 0. The first-order valence-electron chi connectivity index (χ1n) is 5.53. The Bertz CT molecular complexity index is 572. The van der Waals surface area contributed by atoms with Gasteiger partial charge in [0.25, 0.3) is 0 Å². The maximum Gasteiger partial charge on any atom is 0.148 e. The van der Waals surface area contributed by atoms with Crippen LogP contribution in [0.3, 0.4) is 0 Å². The molecule has 18 heavy (non-hydrogen) atoms. The van der Waals surface area contributed by atoms with Crippen molar-refractivity contribution in [3.63, 3.8) is 0 Å². The fourth-order valence-electron chi connectivity index (χ4n) is 1.90. The van der Waals surface area contributed by atoms with Crippen molar-refractivity contribution in [2.75, 3.05) is 26.6 Å². The molecule has 0 unspecified atom stereocenters. The molecule has 4 nitrogen and oxygen atoms in total. The van der Waals surface area contributed by atoms with Crippen LogP contribution in [-0.4, -0.2) is 26.3 Å². The highest BCUT2D eigenvalue weighted by atomic mass is 19.1. The zero-order valence-corrected chi connectivity index (χ0v) is 10.6. The molecule has 0 saturated heterocycles. The number of methoxy groups -OCH3 is 2. The van der Waals surface area contributed by atoms with E-state index in [1.165, 1.54) is 19.2 Å². The number of benzene rings is 1. The number of halogens is 1. The predicted molar refractivity (Wildman–Crippen MR) is 68.5 cm³/mol. The summed E-state index contributed by atoms with van der Waals surface area (Å²) in [4.78, 5) is 4.43. The second kappa shape index (κ2) is 5.18. The lowest BCUT2D eigenvalue weighted by molar-refractivity contribution is 0.182. The fraction of sp³-hybridized carbons (Fsp3) is 0.308. The van der Waals surface area contributed by atoms with Crippen molar-refractivity contribution < 1.29 is 13.9 Å². The van der Waals surface area contributed by atoms with E-state index < -0.39 is 0 Å². The van der Waals surface area contributed by atoms with E-state index in [-0.39, 0.29) is 5.82 Å². The molecule has 0 amide bonds. The number of fused-ring (bicyclic) bond motifs is 1. The Morgan fingerprint density at radius 2 is 2.06 bits per heavy atom. The Hall–Kier alpha value is -1.88. The second-order valence-electron chi connectivity index (χ2n) is 3.85. The Labute approximate surface area is 105 Å². The molecule has 0 saturated carbocycles. The Morgan fingerprint density at radius 3 is 2.67 bits per heavy atom. The van der Waals surface area contributed by atoms with Crippen molar-refractivity contribution in [2.45, 2.75) is 6.61 Å². The molecule has 0 bridgehead atoms. The summed E-state index contributed by atoms with van der Waals surface area (Å²) in [5, 5.41) is 3.72. The second-order valence-corrected chi connectivity index (χ2v) is 3.85. The third kappa shape index (κ3) is 2.22. The molecule has 0 radical (unpaired) electrons. The highest BCUT2D eigenvalue weighted by Crippen LogP contribution is 2.31. The standard InChI is InChI=1S/C13H15FN2O2/c1-15-11-6-9(7-17-2)16-13-10(11)4-8(14)5-12(13)18-3/h4-6H,7H2,1-3H3,(H,15,16). The van der Waals surface area contributed by atoms with E-state index >= 15 is 0 Å². The molecule has 0 atom stereocenters. The van der Waals surface area contributed by atoms with Crippen molar-refractivity contribution in [3.05, 3.63) is 29.7 Å². The smallest absolute Gasteiger partial charge is 0.148 e. The average Bonchev–Trinajstić information content (AvgIpc) is 2.37. The van der Waals surface area contributed by atoms with Crippen molar-refractivity contribution in [3.8, 4) is 5.75 Å². The molecule has 0 spiro atoms. The summed E-state index contributed by atoms with van der Waals surface area (Å²) < 4.78 is 23.7. The van der Waals surface area contributed by atoms with Crippen LogP contribution < -0.4 is 10.1 Å². The molecule has 1 N–H and O–H groups in total. The summed E-state index contributed by atoms with van der Waals surface area (Å²) in [6, 6.07) is 4.60. The fourth-order valence-corrected chi connectivity index (χ4v) is 1.90. The van der Waals surface area contributed by atoms with Crippen molar-refractivity contribution >= 4 is 16.6 Å². The maximum atomic E-state index is 13.5. The molecule has 0 aliphatic heterocycles. The van der Waals surface area contributed by atoms with Gasteiger partial charge >= 0.3 is 0 Å². The zero-order valence-electron chi connectivity index (χ0n) is 10.6. The summed E-state index contributed by atoms with van der Waals surface area (Å²) in [7, 11) is 4.88. The monoisotopic (exact) mass is 250 g/mol. The molecule has 96 valence electrons. The van der Waals surface area contributed by atoms with E-state index in [9.17, 15) is 4.39 Å². The van der Waals surface area contributed by atoms with Crippen LogP contribution in [0.1, 0.15) is 5.69 Å². The highest BCUT2D eigenvalue weighted by molar-refractivity contribution is 5.95. The van der Waals surface area contributed by atoms with E-state index in [2.05, 4.69) is 10.3 Å². The Morgan fingerprint density at radius 1 is 1.28 bits per heavy atom. The molecule has 2 aromatic rings. The van der Waals surface area contributed by atoms with Gasteiger partial charge in [0.1, 0.15) is 17.1 Å². The number of nitrogens with one attached hydrogen (secondary N) is 1. The molecule has 1 aromatic heterocycles. The first kappa shape index (κ1) is 12.6. The minimum atomic E-state index is -0.350. The van der Waals surface area contributed by atoms with Crippen LogP contribution in [0.15, 0.2) is 18.2 Å². The average molecular weight is 250 g/mol. The van der Waals surface area contributed by atoms with E-state index in [1.807, 2.05) is 6.07 Å². The molecule has 1 heterocycles. The highest BCUT2D eigenvalue weighted by Gasteiger charge is 2.11. The van der Waals surface area contributed by atoms with Crippen LogP contribution in [0, 0.1) is 5.82 Å². The Kier molecular flexibility index (Phi) is 3.62. The quantitative estimate of drug-likeness (QED) is 0.905. The van der Waals surface area contributed by atoms with Crippen LogP contribution in [0.25, 0.3) is 10.9 Å². The molecule has 0 aliphatic rings. The molecule has 0 fully saturated rings. The number of anilines is 1. The molecule has 2 rings (SSSR count). The predicted octanol–water partition coefficient (Wildman–Crippen LogP) is 2.57.